The molecule has 0 spiro atoms. The number of ether oxygens (including phenoxy) is 1. The minimum atomic E-state index is -0.383. The smallest absolute Gasteiger partial charge is 0.0823 e. The van der Waals surface area contributed by atoms with Crippen molar-refractivity contribution in [3.05, 3.63) is 17.0 Å². The minimum Gasteiger partial charge on any atom is -0.388 e. The van der Waals surface area contributed by atoms with Crippen LogP contribution < -0.4 is 0 Å². The number of hydrogen-bond donors (Lipinski definition) is 1. The normalized spacial score (nSPS) is 12.9. The van der Waals surface area contributed by atoms with Crippen LogP contribution in [0.25, 0.3) is 0 Å². The van der Waals surface area contributed by atoms with Crippen molar-refractivity contribution in [1.82, 2.24) is 9.78 Å². The Morgan fingerprint density at radius 2 is 2.00 bits per heavy atom. The van der Waals surface area contributed by atoms with Gasteiger partial charge >= 0.3 is 0 Å². The van der Waals surface area contributed by atoms with Gasteiger partial charge in [-0.05, 0) is 25.7 Å². The maximum Gasteiger partial charge on any atom is 0.0823 e. The lowest BCUT2D eigenvalue weighted by Gasteiger charge is -2.11. The summed E-state index contributed by atoms with van der Waals surface area (Å²) in [6.07, 6.45) is 3.09. The fourth-order valence-electron chi connectivity index (χ4n) is 2.33. The lowest BCUT2D eigenvalue weighted by atomic mass is 10.0. The molecule has 0 aliphatic heterocycles. The summed E-state index contributed by atoms with van der Waals surface area (Å²) in [7, 11) is 1.72. The monoisotopic (exact) mass is 254 g/mol. The van der Waals surface area contributed by atoms with Crippen molar-refractivity contribution in [2.75, 3.05) is 13.7 Å². The average molecular weight is 254 g/mol. The quantitative estimate of drug-likeness (QED) is 0.725. The van der Waals surface area contributed by atoms with E-state index in [1.807, 2.05) is 11.6 Å². The first-order valence-corrected chi connectivity index (χ1v) is 6.94. The number of methoxy groups -OCH3 is 1. The molecule has 1 N–H and O–H groups in total. The Labute approximate surface area is 110 Å². The summed E-state index contributed by atoms with van der Waals surface area (Å²) in [4.78, 5) is 0. The van der Waals surface area contributed by atoms with Gasteiger partial charge in [0.1, 0.15) is 0 Å². The lowest BCUT2D eigenvalue weighted by molar-refractivity contribution is 0.171. The predicted molar refractivity (Wildman–Crippen MR) is 72.7 cm³/mol. The van der Waals surface area contributed by atoms with Gasteiger partial charge in [0.15, 0.2) is 0 Å². The molecule has 0 aliphatic carbocycles. The minimum absolute atomic E-state index is 0.383. The molecule has 0 amide bonds. The van der Waals surface area contributed by atoms with Crippen molar-refractivity contribution in [3.63, 3.8) is 0 Å². The average Bonchev–Trinajstić information content (AvgIpc) is 2.75. The van der Waals surface area contributed by atoms with Crippen LogP contribution in [0.1, 0.15) is 56.7 Å². The van der Waals surface area contributed by atoms with Crippen LogP contribution in [-0.4, -0.2) is 28.6 Å². The third-order valence-electron chi connectivity index (χ3n) is 3.28. The SMILES string of the molecule is CCc1nn(CCCOC)c(CC)c1C(O)CC. The standard InChI is InChI=1S/C14H26N2O2/c1-5-11-14(13(17)7-3)12(6-2)16(15-11)9-8-10-18-4/h13,17H,5-10H2,1-4H3. The van der Waals surface area contributed by atoms with Crippen LogP contribution in [0.15, 0.2) is 0 Å². The number of rotatable bonds is 8. The van der Waals surface area contributed by atoms with Crippen LogP contribution in [0, 0.1) is 0 Å². The Morgan fingerprint density at radius 3 is 2.50 bits per heavy atom. The van der Waals surface area contributed by atoms with Crippen molar-refractivity contribution in [3.8, 4) is 0 Å². The molecule has 104 valence electrons. The van der Waals surface area contributed by atoms with Crippen molar-refractivity contribution >= 4 is 0 Å². The Hall–Kier alpha value is -0.870. The number of aliphatic hydroxyl groups excluding tert-OH is 1. The third kappa shape index (κ3) is 3.33. The summed E-state index contributed by atoms with van der Waals surface area (Å²) in [5, 5.41) is 14.8. The highest BCUT2D eigenvalue weighted by molar-refractivity contribution is 5.29. The lowest BCUT2D eigenvalue weighted by Crippen LogP contribution is -2.08. The Balaban J connectivity index is 3.00. The molecule has 1 atom stereocenters. The van der Waals surface area contributed by atoms with E-state index in [1.165, 1.54) is 5.69 Å². The summed E-state index contributed by atoms with van der Waals surface area (Å²) in [6, 6.07) is 0. The van der Waals surface area contributed by atoms with Crippen LogP contribution in [0.3, 0.4) is 0 Å². The van der Waals surface area contributed by atoms with E-state index >= 15 is 0 Å². The highest BCUT2D eigenvalue weighted by Crippen LogP contribution is 2.26. The van der Waals surface area contributed by atoms with Gasteiger partial charge in [0.25, 0.3) is 0 Å². The van der Waals surface area contributed by atoms with E-state index in [0.29, 0.717) is 0 Å². The second-order valence-corrected chi connectivity index (χ2v) is 4.51. The fourth-order valence-corrected chi connectivity index (χ4v) is 2.33. The van der Waals surface area contributed by atoms with Gasteiger partial charge in [-0.25, -0.2) is 0 Å². The predicted octanol–water partition coefficient (Wildman–Crippen LogP) is 2.49. The molecule has 0 aliphatic rings. The van der Waals surface area contributed by atoms with Crippen molar-refractivity contribution in [2.24, 2.45) is 0 Å². The van der Waals surface area contributed by atoms with E-state index in [4.69, 9.17) is 4.74 Å². The Bertz CT molecular complexity index is 361. The number of aliphatic hydroxyl groups is 1. The third-order valence-corrected chi connectivity index (χ3v) is 3.28. The molecule has 18 heavy (non-hydrogen) atoms. The van der Waals surface area contributed by atoms with Gasteiger partial charge in [0.2, 0.25) is 0 Å². The molecule has 1 aromatic heterocycles. The number of hydrogen-bond acceptors (Lipinski definition) is 3. The van der Waals surface area contributed by atoms with Crippen molar-refractivity contribution in [1.29, 1.82) is 0 Å². The first-order chi connectivity index (χ1) is 8.69. The molecule has 0 radical (unpaired) electrons. The van der Waals surface area contributed by atoms with Gasteiger partial charge in [-0.1, -0.05) is 20.8 Å². The second kappa shape index (κ2) is 7.54. The largest absolute Gasteiger partial charge is 0.388 e. The van der Waals surface area contributed by atoms with Gasteiger partial charge in [-0.2, -0.15) is 5.10 Å². The molecule has 4 nitrogen and oxygen atoms in total. The van der Waals surface area contributed by atoms with E-state index in [-0.39, 0.29) is 6.10 Å². The van der Waals surface area contributed by atoms with E-state index in [0.717, 1.165) is 50.1 Å². The molecule has 1 heterocycles. The zero-order chi connectivity index (χ0) is 13.5. The molecule has 1 unspecified atom stereocenters. The summed E-state index contributed by atoms with van der Waals surface area (Å²) in [5.41, 5.74) is 3.27. The van der Waals surface area contributed by atoms with Crippen LogP contribution in [-0.2, 0) is 24.1 Å². The maximum atomic E-state index is 10.2. The van der Waals surface area contributed by atoms with Gasteiger partial charge in [-0.15, -0.1) is 0 Å². The van der Waals surface area contributed by atoms with Gasteiger partial charge in [-0.3, -0.25) is 4.68 Å². The van der Waals surface area contributed by atoms with E-state index in [1.54, 1.807) is 7.11 Å². The Kier molecular flexibility index (Phi) is 6.36. The number of aromatic nitrogens is 2. The molecule has 0 saturated heterocycles. The highest BCUT2D eigenvalue weighted by atomic mass is 16.5. The summed E-state index contributed by atoms with van der Waals surface area (Å²) in [6.45, 7) is 7.82. The molecule has 1 rings (SSSR count). The molecular formula is C14H26N2O2. The van der Waals surface area contributed by atoms with Crippen molar-refractivity contribution < 1.29 is 9.84 Å². The van der Waals surface area contributed by atoms with Crippen LogP contribution in [0.2, 0.25) is 0 Å². The second-order valence-electron chi connectivity index (χ2n) is 4.51. The number of aryl methyl sites for hydroxylation is 2. The molecule has 0 bridgehead atoms. The molecular weight excluding hydrogens is 228 g/mol. The topological polar surface area (TPSA) is 47.3 Å². The van der Waals surface area contributed by atoms with Gasteiger partial charge < -0.3 is 9.84 Å². The molecule has 4 heteroatoms. The maximum absolute atomic E-state index is 10.2. The number of nitrogens with zero attached hydrogens (tertiary/aromatic N) is 2. The molecule has 0 fully saturated rings. The van der Waals surface area contributed by atoms with Gasteiger partial charge in [0.05, 0.1) is 11.8 Å². The zero-order valence-electron chi connectivity index (χ0n) is 12.1. The van der Waals surface area contributed by atoms with Crippen LogP contribution in [0.4, 0.5) is 0 Å². The molecule has 1 aromatic rings. The first-order valence-electron chi connectivity index (χ1n) is 6.94. The van der Waals surface area contributed by atoms with Crippen LogP contribution in [0.5, 0.6) is 0 Å². The van der Waals surface area contributed by atoms with Crippen molar-refractivity contribution in [2.45, 2.75) is 59.1 Å². The Morgan fingerprint density at radius 1 is 1.28 bits per heavy atom. The van der Waals surface area contributed by atoms with Crippen LogP contribution >= 0.6 is 0 Å². The summed E-state index contributed by atoms with van der Waals surface area (Å²) in [5.74, 6) is 0. The first kappa shape index (κ1) is 15.2. The summed E-state index contributed by atoms with van der Waals surface area (Å²) < 4.78 is 7.13. The van der Waals surface area contributed by atoms with Gasteiger partial charge in [0, 0.05) is 31.5 Å². The van der Waals surface area contributed by atoms with E-state index in [2.05, 4.69) is 18.9 Å². The zero-order valence-corrected chi connectivity index (χ0v) is 12.1. The summed E-state index contributed by atoms with van der Waals surface area (Å²) >= 11 is 0. The molecule has 0 saturated carbocycles. The fraction of sp³-hybridized carbons (Fsp3) is 0.786. The highest BCUT2D eigenvalue weighted by Gasteiger charge is 2.20. The molecule has 0 aromatic carbocycles. The van der Waals surface area contributed by atoms with E-state index < -0.39 is 0 Å². The van der Waals surface area contributed by atoms with E-state index in [9.17, 15) is 5.11 Å².